The Balaban J connectivity index is 0.000000470. The van der Waals surface area contributed by atoms with Gasteiger partial charge in [-0.05, 0) is 50.9 Å². The number of carbonyl (C=O) groups excluding carboxylic acids is 1. The minimum atomic E-state index is 0.379. The van der Waals surface area contributed by atoms with Crippen molar-refractivity contribution in [3.05, 3.63) is 24.3 Å². The molecule has 1 heteroatoms. The highest BCUT2D eigenvalue weighted by Gasteiger charge is 2.11. The Kier molecular flexibility index (Phi) is 16.4. The Labute approximate surface area is 152 Å². The Morgan fingerprint density at radius 3 is 2.42 bits per heavy atom. The van der Waals surface area contributed by atoms with Gasteiger partial charge >= 0.3 is 0 Å². The molecule has 1 unspecified atom stereocenters. The Hall–Kier alpha value is -0.850. The topological polar surface area (TPSA) is 17.1 Å². The van der Waals surface area contributed by atoms with Crippen molar-refractivity contribution in [2.45, 2.75) is 105 Å². The molecule has 1 saturated carbocycles. The lowest BCUT2D eigenvalue weighted by Gasteiger charge is -2.07. The summed E-state index contributed by atoms with van der Waals surface area (Å²) < 4.78 is 0. The lowest BCUT2D eigenvalue weighted by atomic mass is 9.99. The van der Waals surface area contributed by atoms with E-state index < -0.39 is 0 Å². The molecule has 140 valence electrons. The van der Waals surface area contributed by atoms with E-state index in [-0.39, 0.29) is 0 Å². The first-order valence-electron chi connectivity index (χ1n) is 10.4. The number of ketones is 1. The van der Waals surface area contributed by atoms with E-state index in [0.717, 1.165) is 31.1 Å². The zero-order valence-corrected chi connectivity index (χ0v) is 16.9. The molecule has 0 amide bonds. The maximum absolute atomic E-state index is 10.8. The number of rotatable bonds is 11. The zero-order chi connectivity index (χ0) is 18.0. The van der Waals surface area contributed by atoms with E-state index in [1.807, 2.05) is 19.9 Å². The van der Waals surface area contributed by atoms with Crippen molar-refractivity contribution in [2.24, 2.45) is 11.8 Å². The second kappa shape index (κ2) is 17.0. The molecule has 1 nitrogen and oxygen atoms in total. The van der Waals surface area contributed by atoms with Crippen LogP contribution < -0.4 is 0 Å². The van der Waals surface area contributed by atoms with E-state index in [1.165, 1.54) is 51.4 Å². The van der Waals surface area contributed by atoms with Crippen LogP contribution >= 0.6 is 0 Å². The zero-order valence-electron chi connectivity index (χ0n) is 16.9. The molecule has 0 aromatic rings. The monoisotopic (exact) mass is 334 g/mol. The average molecular weight is 335 g/mol. The van der Waals surface area contributed by atoms with Crippen LogP contribution in [0.2, 0.25) is 0 Å². The van der Waals surface area contributed by atoms with E-state index in [2.05, 4.69) is 32.1 Å². The second-order valence-corrected chi connectivity index (χ2v) is 7.26. The van der Waals surface area contributed by atoms with E-state index >= 15 is 0 Å². The van der Waals surface area contributed by atoms with Crippen molar-refractivity contribution in [3.63, 3.8) is 0 Å². The summed E-state index contributed by atoms with van der Waals surface area (Å²) in [7, 11) is 0. The predicted octanol–water partition coefficient (Wildman–Crippen LogP) is 7.66. The maximum Gasteiger partial charge on any atom is 0.132 e. The van der Waals surface area contributed by atoms with Gasteiger partial charge < -0.3 is 0 Å². The third kappa shape index (κ3) is 14.7. The standard InChI is InChI=1S/C14H26.C9H16O/c1-3-4-5-8-13(2)11-12-14-9-6-7-10-14;1-3-5-6-7-8-9(10)4-2/h11-14H,3-10H2,1-2H3;3,5H,4,6-8H2,1-2H3/b12-11+;5-3-. The van der Waals surface area contributed by atoms with Crippen LogP contribution in [0.15, 0.2) is 24.3 Å². The van der Waals surface area contributed by atoms with Gasteiger partial charge in [-0.25, -0.2) is 0 Å². The normalized spacial score (nSPS) is 16.5. The minimum absolute atomic E-state index is 0.379. The van der Waals surface area contributed by atoms with Crippen LogP contribution in [-0.4, -0.2) is 5.78 Å². The molecule has 0 saturated heterocycles. The molecular formula is C23H42O. The highest BCUT2D eigenvalue weighted by Crippen LogP contribution is 2.26. The summed E-state index contributed by atoms with van der Waals surface area (Å²) in [4.78, 5) is 10.8. The van der Waals surface area contributed by atoms with Crippen LogP contribution in [0.4, 0.5) is 0 Å². The van der Waals surface area contributed by atoms with Gasteiger partial charge in [0.2, 0.25) is 0 Å². The fourth-order valence-corrected chi connectivity index (χ4v) is 3.07. The van der Waals surface area contributed by atoms with E-state index in [1.54, 1.807) is 0 Å². The highest BCUT2D eigenvalue weighted by molar-refractivity contribution is 5.77. The molecule has 0 spiro atoms. The van der Waals surface area contributed by atoms with Gasteiger partial charge in [-0.3, -0.25) is 4.79 Å². The SMILES string of the molecule is C/C=C\CCCC(=O)CC.CCCCCC(C)/C=C/C1CCCC1. The summed E-state index contributed by atoms with van der Waals surface area (Å²) in [5.74, 6) is 2.11. The molecule has 0 aromatic carbocycles. The quantitative estimate of drug-likeness (QED) is 0.280. The average Bonchev–Trinajstić information content (AvgIpc) is 3.11. The smallest absolute Gasteiger partial charge is 0.132 e. The molecule has 24 heavy (non-hydrogen) atoms. The van der Waals surface area contributed by atoms with Crippen molar-refractivity contribution >= 4 is 5.78 Å². The fourth-order valence-electron chi connectivity index (χ4n) is 3.07. The molecule has 1 atom stereocenters. The summed E-state index contributed by atoms with van der Waals surface area (Å²) in [6.07, 6.45) is 23.9. The number of hydrogen-bond donors (Lipinski definition) is 0. The molecule has 0 heterocycles. The second-order valence-electron chi connectivity index (χ2n) is 7.26. The van der Waals surface area contributed by atoms with Gasteiger partial charge in [-0.2, -0.15) is 0 Å². The van der Waals surface area contributed by atoms with Gasteiger partial charge in [0.1, 0.15) is 5.78 Å². The van der Waals surface area contributed by atoms with Crippen LogP contribution in [0, 0.1) is 11.8 Å². The summed E-state index contributed by atoms with van der Waals surface area (Å²) in [6, 6.07) is 0. The molecule has 1 fully saturated rings. The van der Waals surface area contributed by atoms with Crippen LogP contribution in [0.25, 0.3) is 0 Å². The molecule has 1 aliphatic rings. The molecule has 0 aromatic heterocycles. The van der Waals surface area contributed by atoms with Crippen LogP contribution in [0.3, 0.4) is 0 Å². The Bertz CT molecular complexity index is 334. The van der Waals surface area contributed by atoms with Crippen molar-refractivity contribution in [1.29, 1.82) is 0 Å². The molecule has 0 radical (unpaired) electrons. The summed E-state index contributed by atoms with van der Waals surface area (Å²) in [5, 5.41) is 0. The minimum Gasteiger partial charge on any atom is -0.300 e. The van der Waals surface area contributed by atoms with Crippen molar-refractivity contribution < 1.29 is 4.79 Å². The maximum atomic E-state index is 10.8. The van der Waals surface area contributed by atoms with Crippen molar-refractivity contribution in [2.75, 3.05) is 0 Å². The van der Waals surface area contributed by atoms with Crippen LogP contribution in [0.5, 0.6) is 0 Å². The molecule has 0 aliphatic heterocycles. The lowest BCUT2D eigenvalue weighted by molar-refractivity contribution is -0.118. The molecule has 0 bridgehead atoms. The largest absolute Gasteiger partial charge is 0.300 e. The first-order valence-corrected chi connectivity index (χ1v) is 10.4. The molecule has 0 N–H and O–H groups in total. The Morgan fingerprint density at radius 1 is 1.12 bits per heavy atom. The van der Waals surface area contributed by atoms with Gasteiger partial charge in [-0.1, -0.05) is 77.2 Å². The molecule has 1 aliphatic carbocycles. The predicted molar refractivity (Wildman–Crippen MR) is 108 cm³/mol. The van der Waals surface area contributed by atoms with Gasteiger partial charge in [0.15, 0.2) is 0 Å². The number of hydrogen-bond acceptors (Lipinski definition) is 1. The van der Waals surface area contributed by atoms with E-state index in [0.29, 0.717) is 12.2 Å². The van der Waals surface area contributed by atoms with Crippen molar-refractivity contribution in [3.8, 4) is 0 Å². The van der Waals surface area contributed by atoms with Gasteiger partial charge in [-0.15, -0.1) is 0 Å². The lowest BCUT2D eigenvalue weighted by Crippen LogP contribution is -1.93. The summed E-state index contributed by atoms with van der Waals surface area (Å²) in [6.45, 7) is 8.56. The van der Waals surface area contributed by atoms with Gasteiger partial charge in [0.05, 0.1) is 0 Å². The molecule has 1 rings (SSSR count). The summed E-state index contributed by atoms with van der Waals surface area (Å²) >= 11 is 0. The first kappa shape index (κ1) is 23.1. The molecular weight excluding hydrogens is 292 g/mol. The van der Waals surface area contributed by atoms with Crippen molar-refractivity contribution in [1.82, 2.24) is 0 Å². The first-order chi connectivity index (χ1) is 11.6. The van der Waals surface area contributed by atoms with Crippen LogP contribution in [-0.2, 0) is 4.79 Å². The van der Waals surface area contributed by atoms with Crippen LogP contribution in [0.1, 0.15) is 105 Å². The van der Waals surface area contributed by atoms with E-state index in [9.17, 15) is 4.79 Å². The number of unbranched alkanes of at least 4 members (excludes halogenated alkanes) is 3. The number of carbonyl (C=O) groups is 1. The van der Waals surface area contributed by atoms with Gasteiger partial charge in [0, 0.05) is 12.8 Å². The third-order valence-electron chi connectivity index (χ3n) is 4.83. The number of Topliss-reactive ketones (excluding diaryl/α,β-unsaturated/α-hetero) is 1. The Morgan fingerprint density at radius 2 is 1.83 bits per heavy atom. The van der Waals surface area contributed by atoms with Gasteiger partial charge in [0.25, 0.3) is 0 Å². The summed E-state index contributed by atoms with van der Waals surface area (Å²) in [5.41, 5.74) is 0. The number of allylic oxidation sites excluding steroid dienone is 4. The highest BCUT2D eigenvalue weighted by atomic mass is 16.1. The fraction of sp³-hybridized carbons (Fsp3) is 0.783. The third-order valence-corrected chi connectivity index (χ3v) is 4.83. The van der Waals surface area contributed by atoms with E-state index in [4.69, 9.17) is 0 Å².